The number of amides is 3. The Kier molecular flexibility index (Phi) is 12.5. The highest BCUT2D eigenvalue weighted by Gasteiger charge is 2.33. The SMILES string of the molecule is CC(=O)NC[C@H]1CN(c2ccc(-c3ccc(CN(C/C(=C/N)NN)C(=O)Oc4ccc(CC(P=O)P(=O)(O)O)cc4)cc3)c(F)c2)C(=O)O1. The van der Waals surface area contributed by atoms with E-state index < -0.39 is 45.6 Å². The number of ether oxygens (including phenoxy) is 2. The van der Waals surface area contributed by atoms with Gasteiger partial charge in [0.15, 0.2) is 8.46 Å². The van der Waals surface area contributed by atoms with E-state index in [1.165, 1.54) is 53.3 Å². The number of benzene rings is 3. The Labute approximate surface area is 282 Å². The van der Waals surface area contributed by atoms with Crippen molar-refractivity contribution in [1.29, 1.82) is 0 Å². The predicted molar refractivity (Wildman–Crippen MR) is 178 cm³/mol. The number of hydrogen-bond acceptors (Lipinski definition) is 10. The highest BCUT2D eigenvalue weighted by atomic mass is 31.2. The molecular formula is C31H35FN6O9P2. The Bertz CT molecular complexity index is 1760. The summed E-state index contributed by atoms with van der Waals surface area (Å²) < 4.78 is 48.8. The fraction of sp³-hybridized carbons (Fsp3) is 0.258. The number of nitrogens with two attached hydrogens (primary N) is 2. The lowest BCUT2D eigenvalue weighted by Crippen LogP contribution is -2.39. The monoisotopic (exact) mass is 716 g/mol. The van der Waals surface area contributed by atoms with Crippen LogP contribution in [0.2, 0.25) is 0 Å². The van der Waals surface area contributed by atoms with Crippen LogP contribution in [0, 0.1) is 5.82 Å². The average Bonchev–Trinajstić information content (AvgIpc) is 3.45. The fourth-order valence-electron chi connectivity index (χ4n) is 4.84. The van der Waals surface area contributed by atoms with E-state index in [0.29, 0.717) is 28.1 Å². The van der Waals surface area contributed by atoms with Gasteiger partial charge in [0, 0.05) is 25.2 Å². The second kappa shape index (κ2) is 16.5. The van der Waals surface area contributed by atoms with Gasteiger partial charge in [-0.3, -0.25) is 29.6 Å². The second-order valence-corrected chi connectivity index (χ2v) is 14.0. The number of hydrogen-bond donors (Lipinski definition) is 6. The van der Waals surface area contributed by atoms with Crippen LogP contribution in [0.4, 0.5) is 19.7 Å². The van der Waals surface area contributed by atoms with Crippen molar-refractivity contribution in [2.75, 3.05) is 24.5 Å². The highest BCUT2D eigenvalue weighted by molar-refractivity contribution is 7.61. The number of anilines is 1. The number of carbonyl (C=O) groups is 3. The lowest BCUT2D eigenvalue weighted by molar-refractivity contribution is -0.119. The van der Waals surface area contributed by atoms with Gasteiger partial charge in [-0.2, -0.15) is 0 Å². The maximum atomic E-state index is 15.3. The first-order valence-corrected chi connectivity index (χ1v) is 17.3. The highest BCUT2D eigenvalue weighted by Crippen LogP contribution is 2.48. The summed E-state index contributed by atoms with van der Waals surface area (Å²) in [6, 6.07) is 17.0. The first-order chi connectivity index (χ1) is 23.3. The van der Waals surface area contributed by atoms with Gasteiger partial charge in [0.25, 0.3) is 0 Å². The molecule has 0 saturated carbocycles. The molecule has 0 spiro atoms. The van der Waals surface area contributed by atoms with Crippen LogP contribution in [0.15, 0.2) is 78.6 Å². The molecule has 3 aromatic rings. The lowest BCUT2D eigenvalue weighted by Gasteiger charge is -2.23. The zero-order chi connectivity index (χ0) is 35.7. The summed E-state index contributed by atoms with van der Waals surface area (Å²) in [5, 5.41) is 1.20. The normalized spacial score (nSPS) is 15.4. The van der Waals surface area contributed by atoms with Gasteiger partial charge in [0.2, 0.25) is 5.91 Å². The van der Waals surface area contributed by atoms with Gasteiger partial charge >= 0.3 is 19.8 Å². The molecule has 18 heteroatoms. The van der Waals surface area contributed by atoms with E-state index in [9.17, 15) is 33.3 Å². The van der Waals surface area contributed by atoms with Crippen LogP contribution in [0.5, 0.6) is 5.75 Å². The summed E-state index contributed by atoms with van der Waals surface area (Å²) >= 11 is 0. The Morgan fingerprint density at radius 3 is 2.41 bits per heavy atom. The molecule has 3 aromatic carbocycles. The molecule has 2 atom stereocenters. The van der Waals surface area contributed by atoms with Crippen LogP contribution in [-0.4, -0.2) is 63.9 Å². The lowest BCUT2D eigenvalue weighted by atomic mass is 10.0. The van der Waals surface area contributed by atoms with Crippen molar-refractivity contribution in [3.63, 3.8) is 0 Å². The van der Waals surface area contributed by atoms with Crippen LogP contribution in [-0.2, 0) is 31.6 Å². The maximum absolute atomic E-state index is 15.3. The summed E-state index contributed by atoms with van der Waals surface area (Å²) in [7, 11) is -5.26. The molecule has 3 amide bonds. The molecule has 1 aliphatic rings. The molecule has 1 aliphatic heterocycles. The van der Waals surface area contributed by atoms with Crippen LogP contribution < -0.4 is 32.0 Å². The zero-order valence-electron chi connectivity index (χ0n) is 26.2. The summed E-state index contributed by atoms with van der Waals surface area (Å²) in [5.74, 6) is 4.84. The fourth-order valence-corrected chi connectivity index (χ4v) is 6.06. The van der Waals surface area contributed by atoms with Crippen LogP contribution in [0.25, 0.3) is 11.1 Å². The van der Waals surface area contributed by atoms with Crippen molar-refractivity contribution >= 4 is 39.8 Å². The van der Waals surface area contributed by atoms with E-state index in [1.54, 1.807) is 36.4 Å². The minimum Gasteiger partial charge on any atom is -0.442 e. The second-order valence-electron chi connectivity index (χ2n) is 11.0. The van der Waals surface area contributed by atoms with Gasteiger partial charge in [-0.25, -0.2) is 14.0 Å². The smallest absolute Gasteiger partial charge is 0.415 e. The molecule has 0 aliphatic carbocycles. The van der Waals surface area contributed by atoms with Crippen molar-refractivity contribution in [2.45, 2.75) is 31.4 Å². The Hall–Kier alpha value is -4.85. The van der Waals surface area contributed by atoms with Crippen molar-refractivity contribution < 1.29 is 47.2 Å². The molecule has 1 unspecified atom stereocenters. The van der Waals surface area contributed by atoms with Crippen molar-refractivity contribution in [1.82, 2.24) is 15.6 Å². The third-order valence-electron chi connectivity index (χ3n) is 7.42. The van der Waals surface area contributed by atoms with Gasteiger partial charge in [-0.1, -0.05) is 36.4 Å². The molecule has 15 nitrogen and oxygen atoms in total. The molecule has 1 saturated heterocycles. The van der Waals surface area contributed by atoms with E-state index in [-0.39, 0.29) is 49.8 Å². The van der Waals surface area contributed by atoms with E-state index in [0.717, 1.165) is 0 Å². The van der Waals surface area contributed by atoms with Gasteiger partial charge < -0.3 is 35.7 Å². The van der Waals surface area contributed by atoms with Crippen molar-refractivity contribution in [3.05, 3.63) is 95.6 Å². The molecule has 0 bridgehead atoms. The minimum absolute atomic E-state index is 0.0426. The summed E-state index contributed by atoms with van der Waals surface area (Å²) in [6.07, 6.45) is -0.925. The Morgan fingerprint density at radius 1 is 1.16 bits per heavy atom. The third-order valence-corrected chi connectivity index (χ3v) is 9.99. The molecule has 49 heavy (non-hydrogen) atoms. The number of cyclic esters (lactones) is 1. The number of carbonyl (C=O) groups excluding carboxylic acids is 3. The van der Waals surface area contributed by atoms with E-state index >= 15 is 4.39 Å². The molecule has 1 heterocycles. The maximum Gasteiger partial charge on any atom is 0.415 e. The van der Waals surface area contributed by atoms with E-state index in [1.807, 2.05) is 0 Å². The molecule has 260 valence electrons. The summed E-state index contributed by atoms with van der Waals surface area (Å²) in [4.78, 5) is 58.0. The quantitative estimate of drug-likeness (QED) is 0.0800. The topological polar surface area (TPSA) is 227 Å². The third kappa shape index (κ3) is 10.1. The van der Waals surface area contributed by atoms with Gasteiger partial charge in [0.1, 0.15) is 23.1 Å². The van der Waals surface area contributed by atoms with E-state index in [4.69, 9.17) is 21.1 Å². The number of nitrogens with one attached hydrogen (secondary N) is 2. The number of nitrogens with zero attached hydrogens (tertiary/aromatic N) is 2. The van der Waals surface area contributed by atoms with Crippen LogP contribution in [0.3, 0.4) is 0 Å². The Morgan fingerprint density at radius 2 is 1.84 bits per heavy atom. The average molecular weight is 717 g/mol. The molecule has 4 rings (SSSR count). The molecule has 0 aromatic heterocycles. The van der Waals surface area contributed by atoms with Gasteiger partial charge in [-0.15, -0.1) is 0 Å². The summed E-state index contributed by atoms with van der Waals surface area (Å²) in [5.41, 5.74) is 10.6. The van der Waals surface area contributed by atoms with E-state index in [2.05, 4.69) is 10.7 Å². The van der Waals surface area contributed by atoms with Crippen LogP contribution >= 0.6 is 16.1 Å². The van der Waals surface area contributed by atoms with Crippen molar-refractivity contribution in [2.24, 2.45) is 11.6 Å². The molecular weight excluding hydrogens is 681 g/mol. The minimum atomic E-state index is -4.57. The standard InChI is InChI=1S/C31H35FN6O9P2/c1-19(39)35-15-26-18-38(31(41)47-26)24-8-11-27(28(32)13-24)22-6-2-21(3-7-22)16-37(17-23(14-33)36-34)30(40)46-25-9-4-20(5-10-25)12-29(48-42)49(43,44)45/h2-11,13-14,26,29,36H,12,15-18,33-34H2,1H3,(H,35,39)(H2,43,44,45)/b23-14-/t26-,29?/m0/s1. The largest absolute Gasteiger partial charge is 0.442 e. The molecule has 1 fully saturated rings. The van der Waals surface area contributed by atoms with Crippen LogP contribution in [0.1, 0.15) is 18.1 Å². The molecule has 8 N–H and O–H groups in total. The number of halogens is 1. The number of hydrazine groups is 1. The predicted octanol–water partition coefficient (Wildman–Crippen LogP) is 3.56. The Balaban J connectivity index is 1.44. The first-order valence-electron chi connectivity index (χ1n) is 14.7. The zero-order valence-corrected chi connectivity index (χ0v) is 28.0. The van der Waals surface area contributed by atoms with Gasteiger partial charge in [-0.05, 0) is 53.4 Å². The number of rotatable bonds is 14. The van der Waals surface area contributed by atoms with Gasteiger partial charge in [0.05, 0.1) is 31.0 Å². The summed E-state index contributed by atoms with van der Waals surface area (Å²) in [6.45, 7) is 1.64. The first kappa shape index (κ1) is 37.0. The molecule has 0 radical (unpaired) electrons. The van der Waals surface area contributed by atoms with Crippen molar-refractivity contribution in [3.8, 4) is 16.9 Å².